The van der Waals surface area contributed by atoms with E-state index in [1.165, 1.54) is 20.0 Å². The lowest BCUT2D eigenvalue weighted by molar-refractivity contribution is -0.0494. The second-order valence-corrected chi connectivity index (χ2v) is 3.53. The van der Waals surface area contributed by atoms with Crippen molar-refractivity contribution in [3.8, 4) is 0 Å². The zero-order chi connectivity index (χ0) is 10.1. The Labute approximate surface area is 77.0 Å². The fourth-order valence-electron chi connectivity index (χ4n) is 1.04. The van der Waals surface area contributed by atoms with E-state index < -0.39 is 11.7 Å². The fraction of sp³-hybridized carbons (Fsp3) is 0.444. The second kappa shape index (κ2) is 3.32. The Balaban J connectivity index is 3.02. The van der Waals surface area contributed by atoms with Crippen molar-refractivity contribution in [3.63, 3.8) is 0 Å². The molecule has 0 radical (unpaired) electrons. The van der Waals surface area contributed by atoms with Gasteiger partial charge in [-0.1, -0.05) is 6.07 Å². The zero-order valence-electron chi connectivity index (χ0n) is 7.73. The molecule has 1 unspecified atom stereocenters. The molecule has 4 heteroatoms. The summed E-state index contributed by atoms with van der Waals surface area (Å²) in [5.41, 5.74) is 4.78. The Kier molecular flexibility index (Phi) is 2.54. The minimum atomic E-state index is -1.21. The number of pyridine rings is 1. The molecule has 1 aromatic rings. The smallest absolute Gasteiger partial charge is 0.129 e. The minimum Gasteiger partial charge on any atom is -0.387 e. The highest BCUT2D eigenvalue weighted by Gasteiger charge is 2.27. The van der Waals surface area contributed by atoms with Crippen LogP contribution in [-0.2, 0) is 0 Å². The second-order valence-electron chi connectivity index (χ2n) is 3.53. The van der Waals surface area contributed by atoms with E-state index in [9.17, 15) is 10.2 Å². The summed E-state index contributed by atoms with van der Waals surface area (Å²) in [5, 5.41) is 19.2. The Morgan fingerprint density at radius 1 is 1.54 bits per heavy atom. The molecule has 1 aromatic heterocycles. The number of nitrogen functional groups attached to an aromatic ring is 1. The standard InChI is InChI=1S/C9H14N2O2/c1-9(2,13)7(12)6-4-3-5-11-8(6)10/h3-5,7,12-13H,1-2H3,(H2,10,11). The van der Waals surface area contributed by atoms with E-state index in [0.29, 0.717) is 5.56 Å². The maximum absolute atomic E-state index is 9.67. The van der Waals surface area contributed by atoms with Gasteiger partial charge in [-0.2, -0.15) is 0 Å². The molecule has 0 saturated heterocycles. The van der Waals surface area contributed by atoms with Gasteiger partial charge in [0.2, 0.25) is 0 Å². The van der Waals surface area contributed by atoms with E-state index in [1.807, 2.05) is 0 Å². The Bertz CT molecular complexity index is 294. The Morgan fingerprint density at radius 2 is 2.15 bits per heavy atom. The maximum atomic E-state index is 9.67. The number of aromatic nitrogens is 1. The molecule has 1 heterocycles. The van der Waals surface area contributed by atoms with Gasteiger partial charge in [0.1, 0.15) is 11.9 Å². The first-order chi connectivity index (χ1) is 5.93. The Hall–Kier alpha value is -1.13. The van der Waals surface area contributed by atoms with E-state index in [4.69, 9.17) is 5.73 Å². The van der Waals surface area contributed by atoms with Gasteiger partial charge in [-0.15, -0.1) is 0 Å². The number of nitrogens with two attached hydrogens (primary N) is 1. The van der Waals surface area contributed by atoms with Crippen LogP contribution in [0.2, 0.25) is 0 Å². The van der Waals surface area contributed by atoms with Gasteiger partial charge in [-0.3, -0.25) is 0 Å². The van der Waals surface area contributed by atoms with Gasteiger partial charge in [0.25, 0.3) is 0 Å². The molecular weight excluding hydrogens is 168 g/mol. The molecule has 0 spiro atoms. The van der Waals surface area contributed by atoms with Gasteiger partial charge in [0.05, 0.1) is 5.60 Å². The number of hydrogen-bond acceptors (Lipinski definition) is 4. The monoisotopic (exact) mass is 182 g/mol. The predicted octanol–water partition coefficient (Wildman–Crippen LogP) is 0.468. The first-order valence-electron chi connectivity index (χ1n) is 4.03. The average molecular weight is 182 g/mol. The lowest BCUT2D eigenvalue weighted by Gasteiger charge is -2.25. The van der Waals surface area contributed by atoms with Crippen molar-refractivity contribution in [3.05, 3.63) is 23.9 Å². The molecule has 0 aromatic carbocycles. The van der Waals surface area contributed by atoms with Crippen LogP contribution in [0.5, 0.6) is 0 Å². The van der Waals surface area contributed by atoms with Crippen LogP contribution in [0.15, 0.2) is 18.3 Å². The minimum absolute atomic E-state index is 0.247. The molecule has 1 rings (SSSR count). The van der Waals surface area contributed by atoms with Crippen molar-refractivity contribution < 1.29 is 10.2 Å². The van der Waals surface area contributed by atoms with Crippen molar-refractivity contribution in [2.45, 2.75) is 25.6 Å². The highest BCUT2D eigenvalue weighted by molar-refractivity contribution is 5.40. The summed E-state index contributed by atoms with van der Waals surface area (Å²) in [6, 6.07) is 3.31. The van der Waals surface area contributed by atoms with Crippen molar-refractivity contribution in [2.75, 3.05) is 5.73 Å². The highest BCUT2D eigenvalue weighted by Crippen LogP contribution is 2.27. The molecule has 0 amide bonds. The SMILES string of the molecule is CC(C)(O)C(O)c1cccnc1N. The van der Waals surface area contributed by atoms with Gasteiger partial charge < -0.3 is 15.9 Å². The van der Waals surface area contributed by atoms with Crippen LogP contribution in [0.3, 0.4) is 0 Å². The molecule has 0 aliphatic carbocycles. The number of aliphatic hydroxyl groups is 2. The largest absolute Gasteiger partial charge is 0.387 e. The van der Waals surface area contributed by atoms with Crippen molar-refractivity contribution >= 4 is 5.82 Å². The molecule has 0 aliphatic rings. The lowest BCUT2D eigenvalue weighted by Crippen LogP contribution is -2.29. The normalized spacial score (nSPS) is 14.2. The van der Waals surface area contributed by atoms with E-state index >= 15 is 0 Å². The van der Waals surface area contributed by atoms with Crippen LogP contribution in [0.1, 0.15) is 25.5 Å². The summed E-state index contributed by atoms with van der Waals surface area (Å²) in [7, 11) is 0. The quantitative estimate of drug-likeness (QED) is 0.621. The zero-order valence-corrected chi connectivity index (χ0v) is 7.73. The summed E-state index contributed by atoms with van der Waals surface area (Å²) in [4.78, 5) is 3.82. The maximum Gasteiger partial charge on any atom is 0.129 e. The van der Waals surface area contributed by atoms with E-state index in [1.54, 1.807) is 12.1 Å². The van der Waals surface area contributed by atoms with Crippen LogP contribution in [0.4, 0.5) is 5.82 Å². The molecular formula is C9H14N2O2. The molecule has 0 fully saturated rings. The first kappa shape index (κ1) is 9.95. The van der Waals surface area contributed by atoms with Gasteiger partial charge in [-0.25, -0.2) is 4.98 Å². The number of aliphatic hydroxyl groups excluding tert-OH is 1. The third-order valence-electron chi connectivity index (χ3n) is 1.83. The van der Waals surface area contributed by atoms with Crippen LogP contribution in [-0.4, -0.2) is 20.8 Å². The first-order valence-corrected chi connectivity index (χ1v) is 4.03. The molecule has 1 atom stereocenters. The van der Waals surface area contributed by atoms with Crippen LogP contribution in [0, 0.1) is 0 Å². The summed E-state index contributed by atoms with van der Waals surface area (Å²) in [5.74, 6) is 0.247. The molecule has 0 bridgehead atoms. The van der Waals surface area contributed by atoms with Crippen molar-refractivity contribution in [2.24, 2.45) is 0 Å². The average Bonchev–Trinajstić information content (AvgIpc) is 2.02. The summed E-state index contributed by atoms with van der Waals surface area (Å²) in [6.07, 6.45) is 0.525. The van der Waals surface area contributed by atoms with Gasteiger partial charge >= 0.3 is 0 Å². The van der Waals surface area contributed by atoms with Crippen LogP contribution >= 0.6 is 0 Å². The van der Waals surface area contributed by atoms with Crippen LogP contribution in [0.25, 0.3) is 0 Å². The van der Waals surface area contributed by atoms with E-state index in [2.05, 4.69) is 4.98 Å². The summed E-state index contributed by atoms with van der Waals surface area (Å²) in [6.45, 7) is 3.04. The number of anilines is 1. The van der Waals surface area contributed by atoms with Gasteiger partial charge in [0.15, 0.2) is 0 Å². The fourth-order valence-corrected chi connectivity index (χ4v) is 1.04. The summed E-state index contributed by atoms with van der Waals surface area (Å²) < 4.78 is 0. The third-order valence-corrected chi connectivity index (χ3v) is 1.83. The molecule has 4 N–H and O–H groups in total. The Morgan fingerprint density at radius 3 is 2.62 bits per heavy atom. The topological polar surface area (TPSA) is 79.4 Å². The van der Waals surface area contributed by atoms with Crippen LogP contribution < -0.4 is 5.73 Å². The molecule has 0 saturated carbocycles. The highest BCUT2D eigenvalue weighted by atomic mass is 16.3. The molecule has 13 heavy (non-hydrogen) atoms. The van der Waals surface area contributed by atoms with Gasteiger partial charge in [-0.05, 0) is 19.9 Å². The van der Waals surface area contributed by atoms with Gasteiger partial charge in [0, 0.05) is 11.8 Å². The summed E-state index contributed by atoms with van der Waals surface area (Å²) >= 11 is 0. The number of rotatable bonds is 2. The number of hydrogen-bond donors (Lipinski definition) is 3. The van der Waals surface area contributed by atoms with E-state index in [0.717, 1.165) is 0 Å². The molecule has 0 aliphatic heterocycles. The molecule has 72 valence electrons. The van der Waals surface area contributed by atoms with E-state index in [-0.39, 0.29) is 5.82 Å². The number of nitrogens with zero attached hydrogens (tertiary/aromatic N) is 1. The third kappa shape index (κ3) is 2.17. The van der Waals surface area contributed by atoms with Crippen molar-refractivity contribution in [1.82, 2.24) is 4.98 Å². The lowest BCUT2D eigenvalue weighted by atomic mass is 9.95. The molecule has 4 nitrogen and oxygen atoms in total. The van der Waals surface area contributed by atoms with Crippen molar-refractivity contribution in [1.29, 1.82) is 0 Å². The predicted molar refractivity (Wildman–Crippen MR) is 49.9 cm³/mol.